The molecule has 0 spiro atoms. The summed E-state index contributed by atoms with van der Waals surface area (Å²) in [5.74, 6) is 0.641. The second-order valence-electron chi connectivity index (χ2n) is 7.27. The molecule has 6 rings (SSSR count). The van der Waals surface area contributed by atoms with Crippen LogP contribution in [0.15, 0.2) is 17.0 Å². The first kappa shape index (κ1) is 13.3. The minimum Gasteiger partial charge on any atom is -0.472 e. The van der Waals surface area contributed by atoms with Crippen LogP contribution in [0.3, 0.4) is 0 Å². The van der Waals surface area contributed by atoms with Crippen LogP contribution in [0.1, 0.15) is 44.7 Å². The lowest BCUT2D eigenvalue weighted by Crippen LogP contribution is -2.45. The molecular formula is C16H18BrN3O2. The normalized spacial score (nSPS) is 33.7. The lowest BCUT2D eigenvalue weighted by molar-refractivity contribution is 0.0154. The molecule has 2 aliphatic heterocycles. The van der Waals surface area contributed by atoms with Crippen molar-refractivity contribution in [2.24, 2.45) is 0 Å². The molecule has 0 radical (unpaired) electrons. The smallest absolute Gasteiger partial charge is 0.259 e. The maximum Gasteiger partial charge on any atom is 0.259 e. The molecule has 0 aromatic carbocycles. The van der Waals surface area contributed by atoms with Crippen LogP contribution in [0.5, 0.6) is 5.88 Å². The van der Waals surface area contributed by atoms with E-state index >= 15 is 0 Å². The van der Waals surface area contributed by atoms with Crippen molar-refractivity contribution in [3.05, 3.63) is 22.7 Å². The van der Waals surface area contributed by atoms with Gasteiger partial charge in [-0.25, -0.2) is 9.97 Å². The Labute approximate surface area is 137 Å². The van der Waals surface area contributed by atoms with Gasteiger partial charge in [0.05, 0.1) is 17.9 Å². The average molecular weight is 364 g/mol. The zero-order valence-electron chi connectivity index (χ0n) is 12.5. The van der Waals surface area contributed by atoms with Gasteiger partial charge in [0.15, 0.2) is 0 Å². The zero-order chi connectivity index (χ0) is 14.9. The van der Waals surface area contributed by atoms with Crippen LogP contribution < -0.4 is 4.74 Å². The Hall–Kier alpha value is -1.14. The molecule has 22 heavy (non-hydrogen) atoms. The van der Waals surface area contributed by atoms with Crippen molar-refractivity contribution in [1.29, 1.82) is 0 Å². The van der Waals surface area contributed by atoms with Gasteiger partial charge in [-0.05, 0) is 55.0 Å². The summed E-state index contributed by atoms with van der Waals surface area (Å²) in [7, 11) is 0. The average Bonchev–Trinajstić information content (AvgIpc) is 3.03. The third-order valence-electron chi connectivity index (χ3n) is 5.37. The Kier molecular flexibility index (Phi) is 2.56. The van der Waals surface area contributed by atoms with E-state index in [1.54, 1.807) is 0 Å². The van der Waals surface area contributed by atoms with Crippen molar-refractivity contribution >= 4 is 21.6 Å². The molecule has 2 aromatic heterocycles. The zero-order valence-corrected chi connectivity index (χ0v) is 14.1. The Morgan fingerprint density at radius 2 is 2.14 bits per heavy atom. The summed E-state index contributed by atoms with van der Waals surface area (Å²) < 4.78 is 14.7. The molecule has 4 heterocycles. The lowest BCUT2D eigenvalue weighted by atomic mass is 9.62. The number of hydrogen-bond acceptors (Lipinski definition) is 4. The number of rotatable bonds is 3. The highest BCUT2D eigenvalue weighted by Gasteiger charge is 2.61. The van der Waals surface area contributed by atoms with Gasteiger partial charge in [0.25, 0.3) is 5.88 Å². The fourth-order valence-electron chi connectivity index (χ4n) is 4.07. The van der Waals surface area contributed by atoms with Gasteiger partial charge in [-0.2, -0.15) is 0 Å². The first-order valence-corrected chi connectivity index (χ1v) is 8.71. The van der Waals surface area contributed by atoms with E-state index in [0.29, 0.717) is 12.0 Å². The van der Waals surface area contributed by atoms with E-state index in [0.717, 1.165) is 48.2 Å². The van der Waals surface area contributed by atoms with Gasteiger partial charge in [0, 0.05) is 17.8 Å². The van der Waals surface area contributed by atoms with E-state index in [-0.39, 0.29) is 11.0 Å². The van der Waals surface area contributed by atoms with Crippen LogP contribution in [-0.2, 0) is 10.2 Å². The van der Waals surface area contributed by atoms with Crippen molar-refractivity contribution < 1.29 is 9.47 Å². The quantitative estimate of drug-likeness (QED) is 0.839. The number of halogens is 1. The Bertz CT molecular complexity index is 762. The van der Waals surface area contributed by atoms with E-state index < -0.39 is 0 Å². The van der Waals surface area contributed by atoms with Gasteiger partial charge in [0.2, 0.25) is 5.65 Å². The van der Waals surface area contributed by atoms with Gasteiger partial charge >= 0.3 is 0 Å². The predicted octanol–water partition coefficient (Wildman–Crippen LogP) is 3.24. The molecular weight excluding hydrogens is 346 g/mol. The SMILES string of the molecule is CC12CC(c3cn4cc(Br)nc(OC5CCC5)c4n3)(CO1)C2. The molecule has 2 saturated carbocycles. The summed E-state index contributed by atoms with van der Waals surface area (Å²) in [4.78, 5) is 9.35. The third-order valence-corrected chi connectivity index (χ3v) is 5.76. The molecule has 2 bridgehead atoms. The van der Waals surface area contributed by atoms with Crippen LogP contribution >= 0.6 is 15.9 Å². The summed E-state index contributed by atoms with van der Waals surface area (Å²) >= 11 is 3.47. The summed E-state index contributed by atoms with van der Waals surface area (Å²) in [6.45, 7) is 2.97. The first-order valence-electron chi connectivity index (χ1n) is 7.92. The molecule has 0 amide bonds. The number of ether oxygens (including phenoxy) is 2. The van der Waals surface area contributed by atoms with E-state index in [1.165, 1.54) is 6.42 Å². The molecule has 0 unspecified atom stereocenters. The van der Waals surface area contributed by atoms with Gasteiger partial charge in [-0.3, -0.25) is 4.40 Å². The van der Waals surface area contributed by atoms with Crippen molar-refractivity contribution in [2.75, 3.05) is 6.61 Å². The monoisotopic (exact) mass is 363 g/mol. The largest absolute Gasteiger partial charge is 0.472 e. The van der Waals surface area contributed by atoms with Crippen molar-refractivity contribution in [1.82, 2.24) is 14.4 Å². The highest BCUT2D eigenvalue weighted by Crippen LogP contribution is 2.58. The summed E-state index contributed by atoms with van der Waals surface area (Å²) in [5, 5.41) is 0. The van der Waals surface area contributed by atoms with E-state index in [1.807, 2.05) is 10.6 Å². The van der Waals surface area contributed by atoms with Crippen LogP contribution in [0.4, 0.5) is 0 Å². The van der Waals surface area contributed by atoms with Crippen molar-refractivity contribution in [3.8, 4) is 5.88 Å². The summed E-state index contributed by atoms with van der Waals surface area (Å²) in [6, 6.07) is 0. The number of nitrogens with zero attached hydrogens (tertiary/aromatic N) is 3. The minimum atomic E-state index is 0.0693. The fourth-order valence-corrected chi connectivity index (χ4v) is 4.46. The van der Waals surface area contributed by atoms with Gasteiger partial charge in [-0.15, -0.1) is 0 Å². The lowest BCUT2D eigenvalue weighted by Gasteiger charge is -2.41. The van der Waals surface area contributed by atoms with Crippen LogP contribution in [0.25, 0.3) is 5.65 Å². The number of fused-ring (bicyclic) bond motifs is 2. The molecule has 4 aliphatic rings. The third kappa shape index (κ3) is 1.80. The van der Waals surface area contributed by atoms with E-state index in [4.69, 9.17) is 14.5 Å². The predicted molar refractivity (Wildman–Crippen MR) is 84.2 cm³/mol. The van der Waals surface area contributed by atoms with Gasteiger partial charge < -0.3 is 9.47 Å². The van der Waals surface area contributed by atoms with E-state index in [2.05, 4.69) is 34.0 Å². The Balaban J connectivity index is 1.56. The maximum absolute atomic E-state index is 6.03. The fraction of sp³-hybridized carbons (Fsp3) is 0.625. The molecule has 116 valence electrons. The molecule has 4 fully saturated rings. The number of imidazole rings is 1. The highest BCUT2D eigenvalue weighted by atomic mass is 79.9. The first-order chi connectivity index (χ1) is 10.6. The maximum atomic E-state index is 6.03. The molecule has 5 nitrogen and oxygen atoms in total. The molecule has 0 N–H and O–H groups in total. The number of aromatic nitrogens is 3. The second kappa shape index (κ2) is 4.23. The Morgan fingerprint density at radius 3 is 2.77 bits per heavy atom. The highest BCUT2D eigenvalue weighted by molar-refractivity contribution is 9.10. The Morgan fingerprint density at radius 1 is 1.32 bits per heavy atom. The summed E-state index contributed by atoms with van der Waals surface area (Å²) in [5.41, 5.74) is 2.10. The van der Waals surface area contributed by atoms with Crippen molar-refractivity contribution in [3.63, 3.8) is 0 Å². The topological polar surface area (TPSA) is 48.7 Å². The minimum absolute atomic E-state index is 0.0693. The molecule has 6 heteroatoms. The van der Waals surface area contributed by atoms with Gasteiger partial charge in [0.1, 0.15) is 10.7 Å². The molecule has 0 atom stereocenters. The van der Waals surface area contributed by atoms with Crippen LogP contribution in [0, 0.1) is 0 Å². The van der Waals surface area contributed by atoms with Crippen molar-refractivity contribution in [2.45, 2.75) is 56.1 Å². The van der Waals surface area contributed by atoms with Crippen LogP contribution in [0.2, 0.25) is 0 Å². The number of hydrogen-bond donors (Lipinski definition) is 0. The molecule has 2 saturated heterocycles. The van der Waals surface area contributed by atoms with E-state index in [9.17, 15) is 0 Å². The standard InChI is InChI=1S/C16H18BrN3O2/c1-15-7-16(8-15,9-21-15)11-5-20-6-12(17)19-14(13(20)18-11)22-10-3-2-4-10/h5-6,10H,2-4,7-9H2,1H3. The van der Waals surface area contributed by atoms with Gasteiger partial charge in [-0.1, -0.05) is 0 Å². The van der Waals surface area contributed by atoms with Crippen LogP contribution in [-0.4, -0.2) is 32.7 Å². The summed E-state index contributed by atoms with van der Waals surface area (Å²) in [6.07, 6.45) is 9.97. The second-order valence-corrected chi connectivity index (χ2v) is 8.08. The molecule has 2 aromatic rings. The molecule has 2 aliphatic carbocycles.